The molecule has 1 saturated heterocycles. The Morgan fingerprint density at radius 1 is 1.25 bits per heavy atom. The van der Waals surface area contributed by atoms with Gasteiger partial charge in [-0.25, -0.2) is 0 Å². The Kier molecular flexibility index (Phi) is 6.39. The number of hydrogen-bond acceptors (Lipinski definition) is 7. The molecule has 0 radical (unpaired) electrons. The average Bonchev–Trinajstić information content (AvgIpc) is 3.48. The van der Waals surface area contributed by atoms with E-state index in [4.69, 9.17) is 16.3 Å². The first-order valence-corrected chi connectivity index (χ1v) is 13.0. The van der Waals surface area contributed by atoms with Gasteiger partial charge in [-0.3, -0.25) is 14.6 Å². The number of nitrogens with zero attached hydrogens (tertiary/aromatic N) is 5. The number of hydrogen-bond donors (Lipinski definition) is 2. The predicted molar refractivity (Wildman–Crippen MR) is 139 cm³/mol. The first-order valence-electron chi connectivity index (χ1n) is 12.6. The van der Waals surface area contributed by atoms with E-state index in [1.807, 2.05) is 6.92 Å². The lowest BCUT2D eigenvalue weighted by molar-refractivity contribution is -0.137. The normalized spacial score (nSPS) is 18.3. The molecule has 2 N–H and O–H groups in total. The lowest BCUT2D eigenvalue weighted by Gasteiger charge is -2.33. The molecule has 6 rings (SSSR count). The first kappa shape index (κ1) is 26.4. The van der Waals surface area contributed by atoms with Crippen LogP contribution in [0.15, 0.2) is 47.4 Å². The number of halogens is 4. The average molecular weight is 574 g/mol. The minimum absolute atomic E-state index is 0.0168. The zero-order chi connectivity index (χ0) is 28.2. The van der Waals surface area contributed by atoms with E-state index in [-0.39, 0.29) is 34.4 Å². The van der Waals surface area contributed by atoms with Gasteiger partial charge in [0.2, 0.25) is 17.5 Å². The van der Waals surface area contributed by atoms with Crippen molar-refractivity contribution in [2.75, 3.05) is 18.4 Å². The second-order valence-corrected chi connectivity index (χ2v) is 10.2. The molecule has 1 fully saturated rings. The first-order chi connectivity index (χ1) is 19.1. The largest absolute Gasteiger partial charge is 0.416 e. The van der Waals surface area contributed by atoms with Crippen molar-refractivity contribution >= 4 is 29.0 Å². The number of aromatic nitrogens is 5. The highest BCUT2D eigenvalue weighted by atomic mass is 35.5. The lowest BCUT2D eigenvalue weighted by atomic mass is 9.86. The molecule has 1 aromatic carbocycles. The zero-order valence-electron chi connectivity index (χ0n) is 21.1. The molecule has 1 spiro atoms. The zero-order valence-corrected chi connectivity index (χ0v) is 21.9. The van der Waals surface area contributed by atoms with Crippen molar-refractivity contribution in [3.05, 3.63) is 74.8 Å². The number of fused-ring (bicyclic) bond motifs is 3. The van der Waals surface area contributed by atoms with Gasteiger partial charge in [0.05, 0.1) is 33.6 Å². The number of rotatable bonds is 4. The van der Waals surface area contributed by atoms with Crippen molar-refractivity contribution in [3.8, 4) is 11.5 Å². The van der Waals surface area contributed by atoms with Gasteiger partial charge in [0, 0.05) is 6.20 Å². The van der Waals surface area contributed by atoms with E-state index < -0.39 is 29.4 Å². The van der Waals surface area contributed by atoms with Crippen LogP contribution < -0.4 is 16.2 Å². The third kappa shape index (κ3) is 4.43. The van der Waals surface area contributed by atoms with E-state index in [1.54, 1.807) is 29.0 Å². The molecule has 5 heterocycles. The number of pyridine rings is 1. The predicted octanol–water partition coefficient (Wildman–Crippen LogP) is 3.93. The standard InChI is InChI=1S/C26H23ClF3N7O3/c1-14-21-20(25(40-14)7-10-31-11-8-25)23(39)37-24(34-22(35-37)18-4-2-3-9-32-18)36(21)13-19(38)33-17-6-5-15(12-16(17)27)26(28,29)30/h2-6,9,12,14,31H,7-8,10-11,13H2,1H3,(H,33,38)/t14-/m1/s1. The summed E-state index contributed by atoms with van der Waals surface area (Å²) in [4.78, 5) is 36.0. The van der Waals surface area contributed by atoms with E-state index in [9.17, 15) is 22.8 Å². The van der Waals surface area contributed by atoms with Crippen LogP contribution in [0.5, 0.6) is 0 Å². The number of carbonyl (C=O) groups is 1. The molecule has 2 aliphatic rings. The number of piperidine rings is 1. The van der Waals surface area contributed by atoms with Crippen molar-refractivity contribution in [1.82, 2.24) is 29.5 Å². The summed E-state index contributed by atoms with van der Waals surface area (Å²) in [6.45, 7) is 2.77. The number of ether oxygens (including phenoxy) is 1. The second-order valence-electron chi connectivity index (χ2n) is 9.76. The monoisotopic (exact) mass is 573 g/mol. The van der Waals surface area contributed by atoms with E-state index >= 15 is 0 Å². The minimum atomic E-state index is -4.58. The Morgan fingerprint density at radius 3 is 2.70 bits per heavy atom. The Hall–Kier alpha value is -3.81. The molecule has 0 saturated carbocycles. The number of benzene rings is 1. The maximum Gasteiger partial charge on any atom is 0.416 e. The molecule has 3 aromatic heterocycles. The lowest BCUT2D eigenvalue weighted by Crippen LogP contribution is -2.43. The Balaban J connectivity index is 1.46. The van der Waals surface area contributed by atoms with Gasteiger partial charge in [0.15, 0.2) is 0 Å². The highest BCUT2D eigenvalue weighted by Gasteiger charge is 2.49. The van der Waals surface area contributed by atoms with E-state index in [1.165, 1.54) is 0 Å². The van der Waals surface area contributed by atoms with Crippen molar-refractivity contribution < 1.29 is 22.7 Å². The van der Waals surface area contributed by atoms with Crippen LogP contribution in [0.4, 0.5) is 18.9 Å². The maximum absolute atomic E-state index is 13.9. The molecule has 0 bridgehead atoms. The number of amides is 1. The topological polar surface area (TPSA) is 115 Å². The summed E-state index contributed by atoms with van der Waals surface area (Å²) in [5, 5.41) is 10.0. The molecule has 40 heavy (non-hydrogen) atoms. The Bertz CT molecular complexity index is 1680. The van der Waals surface area contributed by atoms with Crippen LogP contribution >= 0.6 is 11.6 Å². The third-order valence-electron chi connectivity index (χ3n) is 7.21. The van der Waals surface area contributed by atoms with Crippen LogP contribution in [0, 0.1) is 0 Å². The van der Waals surface area contributed by atoms with E-state index in [0.29, 0.717) is 42.9 Å². The fourth-order valence-corrected chi connectivity index (χ4v) is 5.69. The summed E-state index contributed by atoms with van der Waals surface area (Å²) >= 11 is 6.06. The summed E-state index contributed by atoms with van der Waals surface area (Å²) < 4.78 is 48.3. The number of carbonyl (C=O) groups excluding carboxylic acids is 1. The van der Waals surface area contributed by atoms with Crippen LogP contribution in [0.25, 0.3) is 17.3 Å². The Morgan fingerprint density at radius 2 is 2.02 bits per heavy atom. The van der Waals surface area contributed by atoms with Crippen molar-refractivity contribution in [3.63, 3.8) is 0 Å². The molecule has 208 valence electrons. The van der Waals surface area contributed by atoms with Crippen LogP contribution in [0.3, 0.4) is 0 Å². The quantitative estimate of drug-likeness (QED) is 0.380. The smallest absolute Gasteiger partial charge is 0.361 e. The van der Waals surface area contributed by atoms with Crippen LogP contribution in [-0.2, 0) is 27.9 Å². The van der Waals surface area contributed by atoms with Gasteiger partial charge in [0.1, 0.15) is 17.8 Å². The van der Waals surface area contributed by atoms with Crippen LogP contribution in [0.2, 0.25) is 5.02 Å². The molecule has 14 heteroatoms. The molecule has 10 nitrogen and oxygen atoms in total. The summed E-state index contributed by atoms with van der Waals surface area (Å²) in [7, 11) is 0. The van der Waals surface area contributed by atoms with Crippen molar-refractivity contribution in [1.29, 1.82) is 0 Å². The fourth-order valence-electron chi connectivity index (χ4n) is 5.46. The molecule has 1 atom stereocenters. The summed E-state index contributed by atoms with van der Waals surface area (Å²) in [6.07, 6.45) is -2.42. The molecular weight excluding hydrogens is 551 g/mol. The number of alkyl halides is 3. The third-order valence-corrected chi connectivity index (χ3v) is 7.52. The molecule has 0 unspecified atom stereocenters. The SMILES string of the molecule is C[C@H]1OC2(CCNCC2)c2c1n(CC(=O)Nc1ccc(C(F)(F)F)cc1Cl)c1nc(-c3ccccn3)nn1c2=O. The van der Waals surface area contributed by atoms with Crippen LogP contribution in [-0.4, -0.2) is 43.1 Å². The summed E-state index contributed by atoms with van der Waals surface area (Å²) in [5.74, 6) is -0.274. The summed E-state index contributed by atoms with van der Waals surface area (Å²) in [5.41, 5.74) is -0.771. The molecule has 1 amide bonds. The van der Waals surface area contributed by atoms with Gasteiger partial charge in [-0.1, -0.05) is 17.7 Å². The van der Waals surface area contributed by atoms with Gasteiger partial charge in [-0.2, -0.15) is 22.7 Å². The molecular formula is C26H23ClF3N7O3. The van der Waals surface area contributed by atoms with Gasteiger partial charge in [-0.15, -0.1) is 5.10 Å². The second kappa shape index (κ2) is 9.68. The van der Waals surface area contributed by atoms with Gasteiger partial charge < -0.3 is 19.9 Å². The molecule has 4 aromatic rings. The van der Waals surface area contributed by atoms with Crippen molar-refractivity contribution in [2.45, 2.75) is 44.2 Å². The maximum atomic E-state index is 13.9. The number of nitrogens with one attached hydrogen (secondary N) is 2. The van der Waals surface area contributed by atoms with Gasteiger partial charge in [-0.05, 0) is 63.2 Å². The fraction of sp³-hybridized carbons (Fsp3) is 0.346. The van der Waals surface area contributed by atoms with Gasteiger partial charge in [0.25, 0.3) is 5.56 Å². The summed E-state index contributed by atoms with van der Waals surface area (Å²) in [6, 6.07) is 7.90. The molecule has 0 aliphatic carbocycles. The number of anilines is 1. The van der Waals surface area contributed by atoms with Crippen molar-refractivity contribution in [2.24, 2.45) is 0 Å². The van der Waals surface area contributed by atoms with Gasteiger partial charge >= 0.3 is 6.18 Å². The Labute approximate surface area is 230 Å². The van der Waals surface area contributed by atoms with E-state index in [2.05, 4.69) is 25.7 Å². The highest BCUT2D eigenvalue weighted by Crippen LogP contribution is 2.47. The minimum Gasteiger partial charge on any atom is -0.361 e. The molecule has 2 aliphatic heterocycles. The highest BCUT2D eigenvalue weighted by molar-refractivity contribution is 6.33. The van der Waals surface area contributed by atoms with E-state index in [0.717, 1.165) is 22.7 Å². The van der Waals surface area contributed by atoms with Crippen LogP contribution in [0.1, 0.15) is 42.7 Å².